The second kappa shape index (κ2) is 6.13. The van der Waals surface area contributed by atoms with Crippen molar-refractivity contribution in [3.8, 4) is 0 Å². The number of likely N-dealkylation sites (tertiary alicyclic amines) is 1. The molecule has 0 bridgehead atoms. The molecule has 0 amide bonds. The summed E-state index contributed by atoms with van der Waals surface area (Å²) in [5.41, 5.74) is 2.70. The minimum Gasteiger partial charge on any atom is -0.478 e. The van der Waals surface area contributed by atoms with Crippen LogP contribution in [0, 0.1) is 0 Å². The summed E-state index contributed by atoms with van der Waals surface area (Å²) in [5, 5.41) is 10.4. The van der Waals surface area contributed by atoms with Crippen LogP contribution in [0.5, 0.6) is 0 Å². The first kappa shape index (κ1) is 15.1. The zero-order valence-corrected chi connectivity index (χ0v) is 13.4. The van der Waals surface area contributed by atoms with Gasteiger partial charge in [-0.15, -0.1) is 0 Å². The van der Waals surface area contributed by atoms with E-state index in [0.717, 1.165) is 12.1 Å². The highest BCUT2D eigenvalue weighted by atomic mass is 16.4. The summed E-state index contributed by atoms with van der Waals surface area (Å²) < 4.78 is 2.20. The second-order valence-corrected chi connectivity index (χ2v) is 6.53. The molecule has 1 N–H and O–H groups in total. The maximum absolute atomic E-state index is 11.2. The van der Waals surface area contributed by atoms with Crippen LogP contribution in [0.3, 0.4) is 0 Å². The molecule has 22 heavy (non-hydrogen) atoms. The SMILES string of the molecule is CC(C)n1cc(CN2CCCCC2)c2ccc(C(=O)O)cc21. The summed E-state index contributed by atoms with van der Waals surface area (Å²) in [6.07, 6.45) is 6.11. The lowest BCUT2D eigenvalue weighted by atomic mass is 10.1. The third-order valence-corrected chi connectivity index (χ3v) is 4.56. The molecule has 1 aliphatic rings. The van der Waals surface area contributed by atoms with Crippen LogP contribution in [0.1, 0.15) is 55.1 Å². The quantitative estimate of drug-likeness (QED) is 0.931. The van der Waals surface area contributed by atoms with Crippen molar-refractivity contribution in [3.63, 3.8) is 0 Å². The molecule has 0 atom stereocenters. The predicted molar refractivity (Wildman–Crippen MR) is 88.4 cm³/mol. The molecule has 0 spiro atoms. The molecule has 3 rings (SSSR count). The maximum Gasteiger partial charge on any atom is 0.335 e. The Kier molecular flexibility index (Phi) is 4.21. The van der Waals surface area contributed by atoms with Crippen molar-refractivity contribution in [3.05, 3.63) is 35.5 Å². The van der Waals surface area contributed by atoms with Gasteiger partial charge in [0.05, 0.1) is 5.56 Å². The van der Waals surface area contributed by atoms with Crippen LogP contribution in [0.15, 0.2) is 24.4 Å². The number of fused-ring (bicyclic) bond motifs is 1. The number of aromatic nitrogens is 1. The average Bonchev–Trinajstić information content (AvgIpc) is 2.86. The van der Waals surface area contributed by atoms with E-state index in [4.69, 9.17) is 0 Å². The molecule has 1 aromatic carbocycles. The van der Waals surface area contributed by atoms with Gasteiger partial charge in [-0.3, -0.25) is 4.90 Å². The zero-order chi connectivity index (χ0) is 15.7. The van der Waals surface area contributed by atoms with Gasteiger partial charge in [0.15, 0.2) is 0 Å². The first-order valence-electron chi connectivity index (χ1n) is 8.15. The first-order chi connectivity index (χ1) is 10.6. The lowest BCUT2D eigenvalue weighted by molar-refractivity contribution is 0.0697. The Bertz CT molecular complexity index is 682. The molecule has 118 valence electrons. The van der Waals surface area contributed by atoms with Crippen LogP contribution in [0.25, 0.3) is 10.9 Å². The number of carboxylic acids is 1. The highest BCUT2D eigenvalue weighted by Gasteiger charge is 2.17. The molecule has 0 unspecified atom stereocenters. The van der Waals surface area contributed by atoms with Crippen molar-refractivity contribution in [2.75, 3.05) is 13.1 Å². The Labute approximate surface area is 131 Å². The van der Waals surface area contributed by atoms with Crippen molar-refractivity contribution in [2.24, 2.45) is 0 Å². The molecule has 1 aromatic heterocycles. The van der Waals surface area contributed by atoms with Crippen LogP contribution < -0.4 is 0 Å². The number of hydrogen-bond donors (Lipinski definition) is 1. The zero-order valence-electron chi connectivity index (χ0n) is 13.4. The Morgan fingerprint density at radius 2 is 1.95 bits per heavy atom. The monoisotopic (exact) mass is 300 g/mol. The molecule has 2 aromatic rings. The summed E-state index contributed by atoms with van der Waals surface area (Å²) in [6, 6.07) is 5.81. The fraction of sp³-hybridized carbons (Fsp3) is 0.500. The largest absolute Gasteiger partial charge is 0.478 e. The highest BCUT2D eigenvalue weighted by molar-refractivity contribution is 5.94. The van der Waals surface area contributed by atoms with E-state index in [9.17, 15) is 9.90 Å². The summed E-state index contributed by atoms with van der Waals surface area (Å²) in [6.45, 7) is 7.57. The van der Waals surface area contributed by atoms with E-state index in [-0.39, 0.29) is 0 Å². The molecule has 4 nitrogen and oxygen atoms in total. The Morgan fingerprint density at radius 1 is 1.23 bits per heavy atom. The average molecular weight is 300 g/mol. The van der Waals surface area contributed by atoms with E-state index in [0.29, 0.717) is 11.6 Å². The third kappa shape index (κ3) is 2.88. The van der Waals surface area contributed by atoms with Gasteiger partial charge in [0, 0.05) is 29.7 Å². The van der Waals surface area contributed by atoms with Crippen LogP contribution in [0.2, 0.25) is 0 Å². The number of carbonyl (C=O) groups is 1. The van der Waals surface area contributed by atoms with E-state index >= 15 is 0 Å². The van der Waals surface area contributed by atoms with Crippen molar-refractivity contribution in [1.82, 2.24) is 9.47 Å². The smallest absolute Gasteiger partial charge is 0.335 e. The summed E-state index contributed by atoms with van der Waals surface area (Å²) in [7, 11) is 0. The van der Waals surface area contributed by atoms with E-state index in [1.54, 1.807) is 12.1 Å². The number of nitrogens with zero attached hydrogens (tertiary/aromatic N) is 2. The normalized spacial score (nSPS) is 16.5. The summed E-state index contributed by atoms with van der Waals surface area (Å²) >= 11 is 0. The third-order valence-electron chi connectivity index (χ3n) is 4.56. The van der Waals surface area contributed by atoms with Crippen LogP contribution in [-0.2, 0) is 6.54 Å². The number of carboxylic acid groups (broad SMARTS) is 1. The van der Waals surface area contributed by atoms with Gasteiger partial charge in [-0.25, -0.2) is 4.79 Å². The Balaban J connectivity index is 2.00. The number of piperidine rings is 1. The fourth-order valence-electron chi connectivity index (χ4n) is 3.37. The van der Waals surface area contributed by atoms with Gasteiger partial charge in [-0.2, -0.15) is 0 Å². The first-order valence-corrected chi connectivity index (χ1v) is 8.15. The van der Waals surface area contributed by atoms with Gasteiger partial charge >= 0.3 is 5.97 Å². The van der Waals surface area contributed by atoms with Gasteiger partial charge in [0.2, 0.25) is 0 Å². The molecular formula is C18H24N2O2. The molecule has 0 saturated carbocycles. The summed E-state index contributed by atoms with van der Waals surface area (Å²) in [4.78, 5) is 13.7. The lowest BCUT2D eigenvalue weighted by Crippen LogP contribution is -2.28. The van der Waals surface area contributed by atoms with Crippen molar-refractivity contribution in [1.29, 1.82) is 0 Å². The molecule has 4 heteroatoms. The van der Waals surface area contributed by atoms with E-state index in [1.165, 1.54) is 43.3 Å². The Hall–Kier alpha value is -1.81. The number of rotatable bonds is 4. The van der Waals surface area contributed by atoms with E-state index < -0.39 is 5.97 Å². The van der Waals surface area contributed by atoms with Crippen LogP contribution in [-0.4, -0.2) is 33.6 Å². The van der Waals surface area contributed by atoms with Crippen LogP contribution in [0.4, 0.5) is 0 Å². The molecule has 0 aliphatic carbocycles. The topological polar surface area (TPSA) is 45.5 Å². The number of benzene rings is 1. The molecule has 2 heterocycles. The Morgan fingerprint density at radius 3 is 2.59 bits per heavy atom. The van der Waals surface area contributed by atoms with Crippen molar-refractivity contribution in [2.45, 2.75) is 45.7 Å². The second-order valence-electron chi connectivity index (χ2n) is 6.53. The van der Waals surface area contributed by atoms with Gasteiger partial charge in [-0.05, 0) is 57.5 Å². The van der Waals surface area contributed by atoms with Gasteiger partial charge in [-0.1, -0.05) is 12.5 Å². The van der Waals surface area contributed by atoms with Crippen molar-refractivity contribution < 1.29 is 9.90 Å². The molecule has 0 radical (unpaired) electrons. The molecule has 1 saturated heterocycles. The van der Waals surface area contributed by atoms with Gasteiger partial charge < -0.3 is 9.67 Å². The lowest BCUT2D eigenvalue weighted by Gasteiger charge is -2.26. The number of aromatic carboxylic acids is 1. The molecule has 1 fully saturated rings. The minimum atomic E-state index is -0.865. The van der Waals surface area contributed by atoms with E-state index in [2.05, 4.69) is 29.5 Å². The highest BCUT2D eigenvalue weighted by Crippen LogP contribution is 2.27. The maximum atomic E-state index is 11.2. The van der Waals surface area contributed by atoms with Gasteiger partial charge in [0.1, 0.15) is 0 Å². The molecule has 1 aliphatic heterocycles. The standard InChI is InChI=1S/C18H24N2O2/c1-13(2)20-12-15(11-19-8-4-3-5-9-19)16-7-6-14(18(21)22)10-17(16)20/h6-7,10,12-13H,3-5,8-9,11H2,1-2H3,(H,21,22). The number of hydrogen-bond acceptors (Lipinski definition) is 2. The van der Waals surface area contributed by atoms with Crippen molar-refractivity contribution >= 4 is 16.9 Å². The molecular weight excluding hydrogens is 276 g/mol. The van der Waals surface area contributed by atoms with Crippen LogP contribution >= 0.6 is 0 Å². The minimum absolute atomic E-state index is 0.321. The van der Waals surface area contributed by atoms with E-state index in [1.807, 2.05) is 6.07 Å². The predicted octanol–water partition coefficient (Wildman–Crippen LogP) is 3.91. The summed E-state index contributed by atoms with van der Waals surface area (Å²) in [5.74, 6) is -0.865. The van der Waals surface area contributed by atoms with Gasteiger partial charge in [0.25, 0.3) is 0 Å². The fourth-order valence-corrected chi connectivity index (χ4v) is 3.37.